The molecular weight excluding hydrogens is 192 g/mol. The second kappa shape index (κ2) is 3.78. The molecule has 0 amide bonds. The summed E-state index contributed by atoms with van der Waals surface area (Å²) in [5.74, 6) is -0.0526. The molecule has 3 unspecified atom stereocenters. The van der Waals surface area contributed by atoms with E-state index in [4.69, 9.17) is 9.47 Å². The van der Waals surface area contributed by atoms with Gasteiger partial charge in [-0.2, -0.15) is 0 Å². The number of hydrogen-bond donors (Lipinski definition) is 0. The van der Waals surface area contributed by atoms with Gasteiger partial charge in [0.25, 0.3) is 0 Å². The Balaban J connectivity index is 2.08. The summed E-state index contributed by atoms with van der Waals surface area (Å²) in [5, 5.41) is 0. The summed E-state index contributed by atoms with van der Waals surface area (Å²) in [7, 11) is 0. The number of cyclic esters (lactones) is 1. The minimum atomic E-state index is -0.371. The van der Waals surface area contributed by atoms with Gasteiger partial charge >= 0.3 is 5.97 Å². The third-order valence-electron chi connectivity index (χ3n) is 3.23. The molecule has 15 heavy (non-hydrogen) atoms. The van der Waals surface area contributed by atoms with E-state index in [1.807, 2.05) is 20.8 Å². The van der Waals surface area contributed by atoms with Gasteiger partial charge in [0.15, 0.2) is 0 Å². The van der Waals surface area contributed by atoms with E-state index < -0.39 is 0 Å². The van der Waals surface area contributed by atoms with Crippen LogP contribution < -0.4 is 0 Å². The first-order valence-electron chi connectivity index (χ1n) is 5.84. The van der Waals surface area contributed by atoms with Crippen molar-refractivity contribution in [1.82, 2.24) is 0 Å². The van der Waals surface area contributed by atoms with E-state index in [-0.39, 0.29) is 29.7 Å². The minimum absolute atomic E-state index is 0.00245. The summed E-state index contributed by atoms with van der Waals surface area (Å²) in [6, 6.07) is 0. The third kappa shape index (κ3) is 2.17. The zero-order valence-electron chi connectivity index (χ0n) is 9.79. The van der Waals surface area contributed by atoms with Crippen LogP contribution in [0.2, 0.25) is 0 Å². The van der Waals surface area contributed by atoms with Gasteiger partial charge in [-0.25, -0.2) is 0 Å². The first-order valence-corrected chi connectivity index (χ1v) is 5.84. The van der Waals surface area contributed by atoms with Gasteiger partial charge in [-0.1, -0.05) is 33.6 Å². The molecule has 0 aromatic carbocycles. The number of fused-ring (bicyclic) bond motifs is 1. The summed E-state index contributed by atoms with van der Waals surface area (Å²) < 4.78 is 11.2. The smallest absolute Gasteiger partial charge is 0.313 e. The quantitative estimate of drug-likeness (QED) is 0.579. The van der Waals surface area contributed by atoms with Crippen LogP contribution in [0, 0.1) is 11.3 Å². The molecule has 1 saturated heterocycles. The Morgan fingerprint density at radius 2 is 1.87 bits per heavy atom. The molecule has 3 atom stereocenters. The summed E-state index contributed by atoms with van der Waals surface area (Å²) >= 11 is 0. The van der Waals surface area contributed by atoms with Crippen molar-refractivity contribution in [1.29, 1.82) is 0 Å². The topological polar surface area (TPSA) is 35.5 Å². The average Bonchev–Trinajstić information content (AvgIpc) is 2.16. The van der Waals surface area contributed by atoms with Crippen LogP contribution in [0.15, 0.2) is 0 Å². The van der Waals surface area contributed by atoms with E-state index in [1.54, 1.807) is 0 Å². The van der Waals surface area contributed by atoms with Crippen molar-refractivity contribution >= 4 is 5.97 Å². The Kier molecular flexibility index (Phi) is 2.75. The lowest BCUT2D eigenvalue weighted by Gasteiger charge is -2.42. The van der Waals surface area contributed by atoms with E-state index in [2.05, 4.69) is 0 Å². The normalized spacial score (nSPS) is 37.0. The molecular formula is C12H20O3. The fourth-order valence-corrected chi connectivity index (χ4v) is 2.29. The molecule has 1 heterocycles. The molecule has 0 radical (unpaired) electrons. The molecule has 1 aliphatic heterocycles. The molecule has 1 aliphatic carbocycles. The third-order valence-corrected chi connectivity index (χ3v) is 3.23. The van der Waals surface area contributed by atoms with Crippen molar-refractivity contribution in [3.63, 3.8) is 0 Å². The molecule has 2 aliphatic rings. The van der Waals surface area contributed by atoms with E-state index in [0.29, 0.717) is 0 Å². The average molecular weight is 212 g/mol. The van der Waals surface area contributed by atoms with Gasteiger partial charge in [-0.05, 0) is 12.8 Å². The van der Waals surface area contributed by atoms with Crippen LogP contribution in [-0.4, -0.2) is 18.4 Å². The van der Waals surface area contributed by atoms with E-state index in [9.17, 15) is 4.79 Å². The van der Waals surface area contributed by atoms with Crippen LogP contribution in [0.3, 0.4) is 0 Å². The lowest BCUT2D eigenvalue weighted by molar-refractivity contribution is -0.261. The molecule has 0 bridgehead atoms. The van der Waals surface area contributed by atoms with Crippen molar-refractivity contribution in [2.45, 2.75) is 58.8 Å². The zero-order valence-corrected chi connectivity index (χ0v) is 9.79. The SMILES string of the molecule is CC(C)(C)C1OC(=O)C2CCCCC2O1. The lowest BCUT2D eigenvalue weighted by atomic mass is 9.84. The Labute approximate surface area is 91.1 Å². The highest BCUT2D eigenvalue weighted by Gasteiger charge is 2.44. The number of ether oxygens (including phenoxy) is 2. The molecule has 2 fully saturated rings. The van der Waals surface area contributed by atoms with Crippen LogP contribution >= 0.6 is 0 Å². The van der Waals surface area contributed by atoms with Crippen LogP contribution in [0.25, 0.3) is 0 Å². The second-order valence-corrected chi connectivity index (χ2v) is 5.70. The molecule has 1 saturated carbocycles. The van der Waals surface area contributed by atoms with Gasteiger partial charge in [0, 0.05) is 5.41 Å². The molecule has 0 aromatic rings. The van der Waals surface area contributed by atoms with E-state index in [1.165, 1.54) is 6.42 Å². The number of hydrogen-bond acceptors (Lipinski definition) is 3. The van der Waals surface area contributed by atoms with Gasteiger partial charge in [0.1, 0.15) is 0 Å². The monoisotopic (exact) mass is 212 g/mol. The van der Waals surface area contributed by atoms with Crippen LogP contribution in [0.5, 0.6) is 0 Å². The highest BCUT2D eigenvalue weighted by atomic mass is 16.7. The molecule has 86 valence electrons. The highest BCUT2D eigenvalue weighted by Crippen LogP contribution is 2.37. The minimum Gasteiger partial charge on any atom is -0.435 e. The summed E-state index contributed by atoms with van der Waals surface area (Å²) in [5.41, 5.74) is -0.127. The Hall–Kier alpha value is -0.570. The standard InChI is InChI=1S/C12H20O3/c1-12(2,3)11-14-9-7-5-4-6-8(9)10(13)15-11/h8-9,11H,4-7H2,1-3H3. The number of carbonyl (C=O) groups is 1. The first kappa shape index (κ1) is 10.9. The Morgan fingerprint density at radius 1 is 1.20 bits per heavy atom. The Bertz CT molecular complexity index is 254. The number of esters is 1. The maximum atomic E-state index is 11.8. The summed E-state index contributed by atoms with van der Waals surface area (Å²) in [6.45, 7) is 6.11. The maximum absolute atomic E-state index is 11.8. The molecule has 2 rings (SSSR count). The summed E-state index contributed by atoms with van der Waals surface area (Å²) in [6.07, 6.45) is 3.96. The second-order valence-electron chi connectivity index (χ2n) is 5.70. The molecule has 0 aromatic heterocycles. The maximum Gasteiger partial charge on any atom is 0.313 e. The van der Waals surface area contributed by atoms with Crippen LogP contribution in [0.4, 0.5) is 0 Å². The van der Waals surface area contributed by atoms with Crippen LogP contribution in [0.1, 0.15) is 46.5 Å². The fraction of sp³-hybridized carbons (Fsp3) is 0.917. The van der Waals surface area contributed by atoms with Gasteiger partial charge in [0.2, 0.25) is 6.29 Å². The zero-order chi connectivity index (χ0) is 11.1. The van der Waals surface area contributed by atoms with Crippen molar-refractivity contribution < 1.29 is 14.3 Å². The number of rotatable bonds is 0. The molecule has 3 heteroatoms. The van der Waals surface area contributed by atoms with Crippen molar-refractivity contribution in [2.24, 2.45) is 11.3 Å². The molecule has 3 nitrogen and oxygen atoms in total. The first-order chi connectivity index (χ1) is 6.98. The predicted molar refractivity (Wildman–Crippen MR) is 56.2 cm³/mol. The van der Waals surface area contributed by atoms with E-state index in [0.717, 1.165) is 19.3 Å². The number of carbonyl (C=O) groups excluding carboxylic acids is 1. The van der Waals surface area contributed by atoms with Gasteiger partial charge in [-0.15, -0.1) is 0 Å². The van der Waals surface area contributed by atoms with Gasteiger partial charge < -0.3 is 9.47 Å². The summed E-state index contributed by atoms with van der Waals surface area (Å²) in [4.78, 5) is 11.8. The van der Waals surface area contributed by atoms with Crippen molar-refractivity contribution in [2.75, 3.05) is 0 Å². The van der Waals surface area contributed by atoms with Crippen LogP contribution in [-0.2, 0) is 14.3 Å². The Morgan fingerprint density at radius 3 is 2.53 bits per heavy atom. The van der Waals surface area contributed by atoms with Gasteiger partial charge in [0.05, 0.1) is 12.0 Å². The van der Waals surface area contributed by atoms with Crippen molar-refractivity contribution in [3.05, 3.63) is 0 Å². The van der Waals surface area contributed by atoms with Gasteiger partial charge in [-0.3, -0.25) is 4.79 Å². The fourth-order valence-electron chi connectivity index (χ4n) is 2.29. The van der Waals surface area contributed by atoms with E-state index >= 15 is 0 Å². The highest BCUT2D eigenvalue weighted by molar-refractivity contribution is 5.74. The largest absolute Gasteiger partial charge is 0.435 e. The predicted octanol–water partition coefficient (Wildman–Crippen LogP) is 2.49. The molecule has 0 spiro atoms. The molecule has 0 N–H and O–H groups in total. The van der Waals surface area contributed by atoms with Crippen molar-refractivity contribution in [3.8, 4) is 0 Å². The lowest BCUT2D eigenvalue weighted by Crippen LogP contribution is -2.49.